The molecule has 0 bridgehead atoms. The molecule has 0 N–H and O–H groups in total. The SMILES string of the molecule is COCCCOCCOc1cncc(Cl)n1. The molecule has 0 saturated carbocycles. The molecular weight excluding hydrogens is 232 g/mol. The molecule has 0 aromatic carbocycles. The molecular formula is C10H15ClN2O3. The van der Waals surface area contributed by atoms with Crippen LogP contribution in [-0.2, 0) is 9.47 Å². The Hall–Kier alpha value is -0.910. The topological polar surface area (TPSA) is 53.5 Å². The Labute approximate surface area is 99.7 Å². The second-order valence-electron chi connectivity index (χ2n) is 2.99. The molecule has 16 heavy (non-hydrogen) atoms. The summed E-state index contributed by atoms with van der Waals surface area (Å²) in [6, 6.07) is 0. The van der Waals surface area contributed by atoms with E-state index < -0.39 is 0 Å². The zero-order valence-electron chi connectivity index (χ0n) is 9.19. The van der Waals surface area contributed by atoms with E-state index in [9.17, 15) is 0 Å². The summed E-state index contributed by atoms with van der Waals surface area (Å²) in [6.07, 6.45) is 3.85. The van der Waals surface area contributed by atoms with Crippen LogP contribution >= 0.6 is 11.6 Å². The summed E-state index contributed by atoms with van der Waals surface area (Å²) >= 11 is 5.64. The van der Waals surface area contributed by atoms with Gasteiger partial charge in [-0.15, -0.1) is 0 Å². The zero-order chi connectivity index (χ0) is 11.6. The van der Waals surface area contributed by atoms with Crippen molar-refractivity contribution in [2.24, 2.45) is 0 Å². The minimum Gasteiger partial charge on any atom is -0.474 e. The fourth-order valence-electron chi connectivity index (χ4n) is 1.01. The van der Waals surface area contributed by atoms with Crippen LogP contribution in [0.4, 0.5) is 0 Å². The van der Waals surface area contributed by atoms with Crippen molar-refractivity contribution < 1.29 is 14.2 Å². The van der Waals surface area contributed by atoms with Gasteiger partial charge in [0.1, 0.15) is 6.61 Å². The van der Waals surface area contributed by atoms with Crippen molar-refractivity contribution in [2.45, 2.75) is 6.42 Å². The minimum atomic E-state index is 0.318. The Morgan fingerprint density at radius 3 is 2.81 bits per heavy atom. The van der Waals surface area contributed by atoms with Crippen molar-refractivity contribution in [1.82, 2.24) is 9.97 Å². The van der Waals surface area contributed by atoms with Crippen molar-refractivity contribution in [3.8, 4) is 5.88 Å². The van der Waals surface area contributed by atoms with Gasteiger partial charge in [0.2, 0.25) is 5.88 Å². The van der Waals surface area contributed by atoms with E-state index in [0.717, 1.165) is 6.42 Å². The zero-order valence-corrected chi connectivity index (χ0v) is 9.94. The Bertz CT molecular complexity index is 299. The number of hydrogen-bond acceptors (Lipinski definition) is 5. The molecule has 5 nitrogen and oxygen atoms in total. The highest BCUT2D eigenvalue weighted by Crippen LogP contribution is 2.08. The molecule has 0 amide bonds. The van der Waals surface area contributed by atoms with E-state index in [1.54, 1.807) is 7.11 Å². The van der Waals surface area contributed by atoms with E-state index in [4.69, 9.17) is 25.8 Å². The van der Waals surface area contributed by atoms with Crippen molar-refractivity contribution in [3.05, 3.63) is 17.5 Å². The number of methoxy groups -OCH3 is 1. The molecule has 0 aliphatic heterocycles. The number of hydrogen-bond donors (Lipinski definition) is 0. The standard InChI is InChI=1S/C10H15ClN2O3/c1-14-3-2-4-15-5-6-16-10-8-12-7-9(11)13-10/h7-8H,2-6H2,1H3. The molecule has 0 fully saturated rings. The lowest BCUT2D eigenvalue weighted by molar-refractivity contribution is 0.0794. The highest BCUT2D eigenvalue weighted by atomic mass is 35.5. The van der Waals surface area contributed by atoms with Gasteiger partial charge in [0, 0.05) is 20.3 Å². The van der Waals surface area contributed by atoms with Crippen LogP contribution < -0.4 is 4.74 Å². The third-order valence-corrected chi connectivity index (χ3v) is 1.88. The van der Waals surface area contributed by atoms with Gasteiger partial charge < -0.3 is 14.2 Å². The van der Waals surface area contributed by atoms with E-state index in [-0.39, 0.29) is 0 Å². The summed E-state index contributed by atoms with van der Waals surface area (Å²) in [5.41, 5.74) is 0. The molecule has 0 spiro atoms. The monoisotopic (exact) mass is 246 g/mol. The highest BCUT2D eigenvalue weighted by molar-refractivity contribution is 6.29. The Balaban J connectivity index is 2.03. The Morgan fingerprint density at radius 2 is 2.06 bits per heavy atom. The molecule has 90 valence electrons. The van der Waals surface area contributed by atoms with Crippen LogP contribution in [0.25, 0.3) is 0 Å². The van der Waals surface area contributed by atoms with Crippen LogP contribution in [0.1, 0.15) is 6.42 Å². The molecule has 0 atom stereocenters. The van der Waals surface area contributed by atoms with Gasteiger partial charge in [0.05, 0.1) is 19.0 Å². The Kier molecular flexibility index (Phi) is 6.80. The van der Waals surface area contributed by atoms with Gasteiger partial charge in [0.15, 0.2) is 5.15 Å². The number of aromatic nitrogens is 2. The molecule has 1 aromatic heterocycles. The fraction of sp³-hybridized carbons (Fsp3) is 0.600. The lowest BCUT2D eigenvalue weighted by Crippen LogP contribution is -2.09. The van der Waals surface area contributed by atoms with Crippen LogP contribution in [0.3, 0.4) is 0 Å². The number of rotatable bonds is 8. The van der Waals surface area contributed by atoms with E-state index >= 15 is 0 Å². The van der Waals surface area contributed by atoms with E-state index in [2.05, 4.69) is 9.97 Å². The number of halogens is 1. The van der Waals surface area contributed by atoms with Crippen LogP contribution in [-0.4, -0.2) is 43.5 Å². The van der Waals surface area contributed by atoms with Crippen LogP contribution in [0, 0.1) is 0 Å². The predicted octanol–water partition coefficient (Wildman–Crippen LogP) is 1.56. The maximum atomic E-state index is 5.64. The number of nitrogens with zero attached hydrogens (tertiary/aromatic N) is 2. The van der Waals surface area contributed by atoms with Crippen molar-refractivity contribution in [1.29, 1.82) is 0 Å². The summed E-state index contributed by atoms with van der Waals surface area (Å²) in [6.45, 7) is 2.32. The first-order chi connectivity index (χ1) is 7.83. The average molecular weight is 247 g/mol. The van der Waals surface area contributed by atoms with Gasteiger partial charge in [-0.2, -0.15) is 4.98 Å². The van der Waals surface area contributed by atoms with Gasteiger partial charge in [-0.25, -0.2) is 0 Å². The Morgan fingerprint density at radius 1 is 1.19 bits per heavy atom. The summed E-state index contributed by atoms with van der Waals surface area (Å²) in [7, 11) is 1.67. The first-order valence-corrected chi connectivity index (χ1v) is 5.37. The molecule has 0 aliphatic carbocycles. The molecule has 1 rings (SSSR count). The highest BCUT2D eigenvalue weighted by Gasteiger charge is 1.97. The van der Waals surface area contributed by atoms with Gasteiger partial charge in [-0.1, -0.05) is 11.6 Å². The van der Waals surface area contributed by atoms with Crippen molar-refractivity contribution in [2.75, 3.05) is 33.5 Å². The molecule has 6 heteroatoms. The largest absolute Gasteiger partial charge is 0.474 e. The third kappa shape index (κ3) is 5.85. The fourth-order valence-corrected chi connectivity index (χ4v) is 1.15. The molecule has 0 saturated heterocycles. The maximum absolute atomic E-state index is 5.64. The van der Waals surface area contributed by atoms with Gasteiger partial charge in [-0.3, -0.25) is 4.98 Å². The van der Waals surface area contributed by atoms with E-state index in [1.807, 2.05) is 0 Å². The van der Waals surface area contributed by atoms with Crippen LogP contribution in [0.5, 0.6) is 5.88 Å². The van der Waals surface area contributed by atoms with E-state index in [1.165, 1.54) is 12.4 Å². The summed E-state index contributed by atoms with van der Waals surface area (Å²) in [4.78, 5) is 7.77. The molecule has 0 radical (unpaired) electrons. The van der Waals surface area contributed by atoms with Crippen molar-refractivity contribution >= 4 is 11.6 Å². The third-order valence-electron chi connectivity index (χ3n) is 1.70. The lowest BCUT2D eigenvalue weighted by atomic mass is 10.5. The quantitative estimate of drug-likeness (QED) is 0.652. The second kappa shape index (κ2) is 8.27. The molecule has 1 heterocycles. The first kappa shape index (κ1) is 13.2. The van der Waals surface area contributed by atoms with Crippen molar-refractivity contribution in [3.63, 3.8) is 0 Å². The van der Waals surface area contributed by atoms with Crippen LogP contribution in [0.2, 0.25) is 5.15 Å². The second-order valence-corrected chi connectivity index (χ2v) is 3.37. The molecule has 1 aromatic rings. The maximum Gasteiger partial charge on any atom is 0.233 e. The smallest absolute Gasteiger partial charge is 0.233 e. The lowest BCUT2D eigenvalue weighted by Gasteiger charge is -2.05. The first-order valence-electron chi connectivity index (χ1n) is 5.00. The summed E-state index contributed by atoms with van der Waals surface area (Å²) < 4.78 is 15.5. The number of ether oxygens (including phenoxy) is 3. The van der Waals surface area contributed by atoms with E-state index in [0.29, 0.717) is 37.5 Å². The molecule has 0 unspecified atom stereocenters. The predicted molar refractivity (Wildman–Crippen MR) is 59.8 cm³/mol. The molecule has 0 aliphatic rings. The average Bonchev–Trinajstić information content (AvgIpc) is 2.28. The summed E-state index contributed by atoms with van der Waals surface area (Å²) in [5.74, 6) is 0.410. The van der Waals surface area contributed by atoms with Gasteiger partial charge >= 0.3 is 0 Å². The van der Waals surface area contributed by atoms with Crippen LogP contribution in [0.15, 0.2) is 12.4 Å². The minimum absolute atomic E-state index is 0.318. The van der Waals surface area contributed by atoms with Gasteiger partial charge in [-0.05, 0) is 6.42 Å². The van der Waals surface area contributed by atoms with Gasteiger partial charge in [0.25, 0.3) is 0 Å². The normalized spacial score (nSPS) is 10.4. The summed E-state index contributed by atoms with van der Waals surface area (Å²) in [5, 5.41) is 0.318.